The predicted octanol–water partition coefficient (Wildman–Crippen LogP) is 0.468. The van der Waals surface area contributed by atoms with Crippen LogP contribution in [0.5, 0.6) is 0 Å². The molecule has 2 heterocycles. The molecule has 0 fully saturated rings. The highest BCUT2D eigenvalue weighted by atomic mass is 16.1. The summed E-state index contributed by atoms with van der Waals surface area (Å²) in [6.07, 6.45) is 6.47. The molecule has 0 atom stereocenters. The van der Waals surface area contributed by atoms with Crippen molar-refractivity contribution in [3.05, 3.63) is 48.3 Å². The van der Waals surface area contributed by atoms with Gasteiger partial charge in [-0.2, -0.15) is 0 Å². The topological polar surface area (TPSA) is 73.8 Å². The van der Waals surface area contributed by atoms with Crippen molar-refractivity contribution in [2.24, 2.45) is 5.73 Å². The Kier molecular flexibility index (Phi) is 3.07. The standard InChI is InChI=1S/C11H12N4O/c12-3-5-15-7-10(14-8-15)11(16)9-2-1-4-13-6-9/h1-2,4,6-8H,3,5,12H2. The van der Waals surface area contributed by atoms with E-state index >= 15 is 0 Å². The van der Waals surface area contributed by atoms with Crippen LogP contribution in [0.3, 0.4) is 0 Å². The number of carbonyl (C=O) groups excluding carboxylic acids is 1. The van der Waals surface area contributed by atoms with Crippen molar-refractivity contribution in [3.63, 3.8) is 0 Å². The van der Waals surface area contributed by atoms with Crippen molar-refractivity contribution >= 4 is 5.78 Å². The summed E-state index contributed by atoms with van der Waals surface area (Å²) in [4.78, 5) is 19.9. The average molecular weight is 216 g/mol. The van der Waals surface area contributed by atoms with Crippen LogP contribution in [0.2, 0.25) is 0 Å². The maximum atomic E-state index is 11.9. The number of nitrogens with two attached hydrogens (primary N) is 1. The highest BCUT2D eigenvalue weighted by Crippen LogP contribution is 2.06. The third-order valence-electron chi connectivity index (χ3n) is 2.18. The normalized spacial score (nSPS) is 10.3. The summed E-state index contributed by atoms with van der Waals surface area (Å²) in [5.74, 6) is -0.121. The number of pyridine rings is 1. The summed E-state index contributed by atoms with van der Waals surface area (Å²) in [5.41, 5.74) is 6.37. The van der Waals surface area contributed by atoms with E-state index in [9.17, 15) is 4.79 Å². The lowest BCUT2D eigenvalue weighted by Gasteiger charge is -1.96. The maximum Gasteiger partial charge on any atom is 0.214 e. The van der Waals surface area contributed by atoms with Gasteiger partial charge >= 0.3 is 0 Å². The molecule has 5 heteroatoms. The van der Waals surface area contributed by atoms with Crippen molar-refractivity contribution in [1.82, 2.24) is 14.5 Å². The molecule has 0 unspecified atom stereocenters. The summed E-state index contributed by atoms with van der Waals surface area (Å²) >= 11 is 0. The van der Waals surface area contributed by atoms with Crippen molar-refractivity contribution in [2.45, 2.75) is 6.54 Å². The first kappa shape index (κ1) is 10.5. The average Bonchev–Trinajstić information content (AvgIpc) is 2.78. The molecule has 0 saturated heterocycles. The Balaban J connectivity index is 2.21. The number of nitrogens with zero attached hydrogens (tertiary/aromatic N) is 3. The molecule has 2 aromatic rings. The molecule has 0 aliphatic carbocycles. The number of imidazole rings is 1. The van der Waals surface area contributed by atoms with E-state index in [1.54, 1.807) is 35.4 Å². The molecule has 0 radical (unpaired) electrons. The zero-order valence-corrected chi connectivity index (χ0v) is 8.71. The first-order valence-corrected chi connectivity index (χ1v) is 4.98. The van der Waals surface area contributed by atoms with Crippen LogP contribution in [0.25, 0.3) is 0 Å². The Morgan fingerprint density at radius 3 is 3.06 bits per heavy atom. The van der Waals surface area contributed by atoms with Gasteiger partial charge in [-0.3, -0.25) is 9.78 Å². The summed E-state index contributed by atoms with van der Waals surface area (Å²) in [6, 6.07) is 3.45. The molecule has 2 N–H and O–H groups in total. The third kappa shape index (κ3) is 2.14. The Hall–Kier alpha value is -2.01. The van der Waals surface area contributed by atoms with Gasteiger partial charge in [-0.15, -0.1) is 0 Å². The van der Waals surface area contributed by atoms with Gasteiger partial charge in [0.1, 0.15) is 5.69 Å². The largest absolute Gasteiger partial charge is 0.335 e. The second-order valence-corrected chi connectivity index (χ2v) is 3.36. The lowest BCUT2D eigenvalue weighted by atomic mass is 10.1. The number of ketones is 1. The lowest BCUT2D eigenvalue weighted by molar-refractivity contribution is 0.103. The zero-order valence-electron chi connectivity index (χ0n) is 8.71. The van der Waals surface area contributed by atoms with Crippen molar-refractivity contribution < 1.29 is 4.79 Å². The molecule has 2 aromatic heterocycles. The quantitative estimate of drug-likeness (QED) is 0.754. The number of rotatable bonds is 4. The SMILES string of the molecule is NCCn1cnc(C(=O)c2cccnc2)c1. The molecular formula is C11H12N4O. The van der Waals surface area contributed by atoms with Gasteiger partial charge in [0.15, 0.2) is 0 Å². The van der Waals surface area contributed by atoms with Gasteiger partial charge in [-0.05, 0) is 12.1 Å². The van der Waals surface area contributed by atoms with Crippen LogP contribution in [0.1, 0.15) is 16.1 Å². The molecule has 0 aliphatic rings. The van der Waals surface area contributed by atoms with Crippen LogP contribution in [0.4, 0.5) is 0 Å². The summed E-state index contributed by atoms with van der Waals surface area (Å²) < 4.78 is 1.80. The minimum absolute atomic E-state index is 0.121. The van der Waals surface area contributed by atoms with E-state index in [4.69, 9.17) is 5.73 Å². The molecule has 5 nitrogen and oxygen atoms in total. The van der Waals surface area contributed by atoms with E-state index in [0.717, 1.165) is 0 Å². The lowest BCUT2D eigenvalue weighted by Crippen LogP contribution is -2.08. The van der Waals surface area contributed by atoms with Crippen LogP contribution in [0, 0.1) is 0 Å². The second kappa shape index (κ2) is 4.67. The van der Waals surface area contributed by atoms with Crippen molar-refractivity contribution in [1.29, 1.82) is 0 Å². The Morgan fingerprint density at radius 1 is 1.50 bits per heavy atom. The fraction of sp³-hybridized carbons (Fsp3) is 0.182. The molecule has 0 aliphatic heterocycles. The highest BCUT2D eigenvalue weighted by molar-refractivity contribution is 6.07. The third-order valence-corrected chi connectivity index (χ3v) is 2.18. The minimum atomic E-state index is -0.121. The number of aromatic nitrogens is 3. The van der Waals surface area contributed by atoms with E-state index in [0.29, 0.717) is 24.3 Å². The highest BCUT2D eigenvalue weighted by Gasteiger charge is 2.11. The molecular weight excluding hydrogens is 204 g/mol. The molecule has 16 heavy (non-hydrogen) atoms. The first-order chi connectivity index (χ1) is 7.81. The smallest absolute Gasteiger partial charge is 0.214 e. The van der Waals surface area contributed by atoms with Gasteiger partial charge in [0, 0.05) is 37.2 Å². The van der Waals surface area contributed by atoms with E-state index in [2.05, 4.69) is 9.97 Å². The number of hydrogen-bond acceptors (Lipinski definition) is 4. The van der Waals surface area contributed by atoms with Crippen LogP contribution in [-0.2, 0) is 6.54 Å². The predicted molar refractivity (Wildman–Crippen MR) is 59.0 cm³/mol. The maximum absolute atomic E-state index is 11.9. The first-order valence-electron chi connectivity index (χ1n) is 4.98. The van der Waals surface area contributed by atoms with E-state index in [-0.39, 0.29) is 5.78 Å². The van der Waals surface area contributed by atoms with Crippen molar-refractivity contribution in [2.75, 3.05) is 6.54 Å². The molecule has 0 spiro atoms. The van der Waals surface area contributed by atoms with Gasteiger partial charge < -0.3 is 10.3 Å². The van der Waals surface area contributed by atoms with E-state index in [1.807, 2.05) is 0 Å². The van der Waals surface area contributed by atoms with Gasteiger partial charge in [0.2, 0.25) is 5.78 Å². The van der Waals surface area contributed by atoms with Crippen molar-refractivity contribution in [3.8, 4) is 0 Å². The van der Waals surface area contributed by atoms with Gasteiger partial charge in [-0.25, -0.2) is 4.98 Å². The van der Waals surface area contributed by atoms with Gasteiger partial charge in [-0.1, -0.05) is 0 Å². The molecule has 2 rings (SSSR count). The fourth-order valence-corrected chi connectivity index (χ4v) is 1.39. The van der Waals surface area contributed by atoms with Crippen LogP contribution < -0.4 is 5.73 Å². The van der Waals surface area contributed by atoms with Crippen LogP contribution >= 0.6 is 0 Å². The zero-order chi connectivity index (χ0) is 11.4. The second-order valence-electron chi connectivity index (χ2n) is 3.36. The van der Waals surface area contributed by atoms with Crippen LogP contribution in [-0.4, -0.2) is 26.9 Å². The molecule has 0 saturated carbocycles. The number of hydrogen-bond donors (Lipinski definition) is 1. The molecule has 0 aromatic carbocycles. The van der Waals surface area contributed by atoms with Crippen LogP contribution in [0.15, 0.2) is 37.1 Å². The fourth-order valence-electron chi connectivity index (χ4n) is 1.39. The molecule has 0 bridgehead atoms. The van der Waals surface area contributed by atoms with E-state index in [1.165, 1.54) is 6.20 Å². The summed E-state index contributed by atoms with van der Waals surface area (Å²) in [7, 11) is 0. The molecule has 82 valence electrons. The Morgan fingerprint density at radius 2 is 2.38 bits per heavy atom. The van der Waals surface area contributed by atoms with E-state index < -0.39 is 0 Å². The number of carbonyl (C=O) groups is 1. The minimum Gasteiger partial charge on any atom is -0.335 e. The van der Waals surface area contributed by atoms with Gasteiger partial charge in [0.05, 0.1) is 6.33 Å². The monoisotopic (exact) mass is 216 g/mol. The Labute approximate surface area is 92.9 Å². The summed E-state index contributed by atoms with van der Waals surface area (Å²) in [6.45, 7) is 1.18. The summed E-state index contributed by atoms with van der Waals surface area (Å²) in [5, 5.41) is 0. The van der Waals surface area contributed by atoms with Gasteiger partial charge in [0.25, 0.3) is 0 Å². The Bertz CT molecular complexity index is 478. The molecule has 0 amide bonds.